The Morgan fingerprint density at radius 1 is 1.30 bits per heavy atom. The van der Waals surface area contributed by atoms with Gasteiger partial charge in [-0.1, -0.05) is 17.7 Å². The Morgan fingerprint density at radius 2 is 2.09 bits per heavy atom. The zero-order valence-corrected chi connectivity index (χ0v) is 19.7. The van der Waals surface area contributed by atoms with Gasteiger partial charge in [-0.05, 0) is 24.6 Å². The summed E-state index contributed by atoms with van der Waals surface area (Å²) in [4.78, 5) is 29.0. The van der Waals surface area contributed by atoms with E-state index in [0.29, 0.717) is 55.9 Å². The molecule has 1 aliphatic heterocycles. The van der Waals surface area contributed by atoms with Crippen LogP contribution in [0.5, 0.6) is 0 Å². The maximum absolute atomic E-state index is 14.9. The van der Waals surface area contributed by atoms with Gasteiger partial charge >= 0.3 is 140 Å². The van der Waals surface area contributed by atoms with Gasteiger partial charge in [-0.25, -0.2) is 4.79 Å². The van der Waals surface area contributed by atoms with Gasteiger partial charge in [0.05, 0.1) is 0 Å². The topological polar surface area (TPSA) is 80.3 Å². The number of piperidine rings is 1. The maximum Gasteiger partial charge on any atom is 0.0455 e. The number of ether oxygens (including phenoxy) is 1. The van der Waals surface area contributed by atoms with Crippen LogP contribution in [0.25, 0.3) is 10.9 Å². The van der Waals surface area contributed by atoms with Crippen LogP contribution in [0.3, 0.4) is 0 Å². The molecule has 173 valence electrons. The van der Waals surface area contributed by atoms with Crippen molar-refractivity contribution in [2.75, 3.05) is 5.32 Å². The average Bonchev–Trinajstić information content (AvgIpc) is 2.75. The average molecular weight is 513 g/mol. The van der Waals surface area contributed by atoms with E-state index in [0.717, 1.165) is 5.56 Å². The molecule has 3 aromatic rings. The zero-order valence-electron chi connectivity index (χ0n) is 17.9. The van der Waals surface area contributed by atoms with Crippen LogP contribution in [0.1, 0.15) is 41.1 Å². The minimum atomic E-state index is -0.682. The van der Waals surface area contributed by atoms with Gasteiger partial charge in [0.25, 0.3) is 0 Å². The summed E-state index contributed by atoms with van der Waals surface area (Å²) in [6, 6.07) is 9.78. The first-order chi connectivity index (χ1) is 15.7. The largest absolute Gasteiger partial charge is 0.0840 e. The summed E-state index contributed by atoms with van der Waals surface area (Å²) in [5.74, 6) is -1.07. The molecule has 33 heavy (non-hydrogen) atoms. The van der Waals surface area contributed by atoms with Crippen molar-refractivity contribution < 1.29 is 34.0 Å². The number of aryl methyl sites for hydroxylation is 2. The summed E-state index contributed by atoms with van der Waals surface area (Å²) < 4.78 is 20.8. The van der Waals surface area contributed by atoms with E-state index >= 15 is 0 Å². The number of rotatable bonds is 4. The van der Waals surface area contributed by atoms with E-state index in [2.05, 4.69) is 30.9 Å². The third-order valence-electron chi connectivity index (χ3n) is 5.55. The monoisotopic (exact) mass is 512 g/mol. The van der Waals surface area contributed by atoms with Crippen LogP contribution in [0.15, 0.2) is 36.4 Å². The molecule has 2 aromatic carbocycles. The normalized spacial score (nSPS) is 16.0. The van der Waals surface area contributed by atoms with Crippen LogP contribution < -0.4 is 10.6 Å². The van der Waals surface area contributed by atoms with Crippen molar-refractivity contribution in [3.63, 3.8) is 0 Å². The van der Waals surface area contributed by atoms with Crippen molar-refractivity contribution >= 4 is 44.8 Å². The van der Waals surface area contributed by atoms with E-state index in [1.807, 2.05) is 6.92 Å². The number of hydrogen-bond donors (Lipinski definition) is 2. The molecule has 6 nitrogen and oxygen atoms in total. The number of halogens is 2. The first kappa shape index (κ1) is 23.3. The first-order valence-electron chi connectivity index (χ1n) is 10.3. The molecule has 4 rings (SSSR count). The smallest absolute Gasteiger partial charge is 0.0455 e. The number of aromatic nitrogens is 1. The van der Waals surface area contributed by atoms with E-state index in [1.165, 1.54) is 6.07 Å². The number of fused-ring (bicyclic) bond motifs is 1. The molecule has 0 bridgehead atoms. The number of carbonyl (C=O) groups is 2. The second kappa shape index (κ2) is 9.58. The van der Waals surface area contributed by atoms with Crippen molar-refractivity contribution in [2.45, 2.75) is 39.2 Å². The summed E-state index contributed by atoms with van der Waals surface area (Å²) in [5, 5.41) is 6.16. The van der Waals surface area contributed by atoms with Crippen LogP contribution in [0, 0.1) is 19.7 Å². The Hall–Kier alpha value is -2.81. The molecule has 1 unspecified atom stereocenters. The molecule has 1 saturated heterocycles. The van der Waals surface area contributed by atoms with E-state index in [-0.39, 0.29) is 12.5 Å². The predicted molar refractivity (Wildman–Crippen MR) is 122 cm³/mol. The number of anilines is 1. The second-order valence-corrected chi connectivity index (χ2v) is 8.97. The molecular formula is C24H21ClCoFN3O3. The van der Waals surface area contributed by atoms with Crippen LogP contribution in [-0.2, 0) is 31.4 Å². The Labute approximate surface area is 203 Å². The molecule has 2 amide bonds. The van der Waals surface area contributed by atoms with Crippen molar-refractivity contribution in [3.8, 4) is 0 Å². The Kier molecular flexibility index (Phi) is 6.78. The Morgan fingerprint density at radius 3 is 2.82 bits per heavy atom. The van der Waals surface area contributed by atoms with Gasteiger partial charge < -0.3 is 0 Å². The van der Waals surface area contributed by atoms with Crippen molar-refractivity contribution in [2.24, 2.45) is 0 Å². The van der Waals surface area contributed by atoms with Gasteiger partial charge in [0.1, 0.15) is 0 Å². The van der Waals surface area contributed by atoms with Crippen LogP contribution in [-0.4, -0.2) is 21.6 Å². The van der Waals surface area contributed by atoms with Crippen LogP contribution in [0.4, 0.5) is 14.9 Å². The minimum absolute atomic E-state index is 0.133. The quantitative estimate of drug-likeness (QED) is 0.512. The van der Waals surface area contributed by atoms with Crippen LogP contribution in [0.2, 0.25) is 5.02 Å². The third-order valence-corrected chi connectivity index (χ3v) is 6.35. The number of hydrogen-bond acceptors (Lipinski definition) is 4. The SMILES string of the molecule is Cc1ccc(NC(=O)OCc2cc(F)c3cc(C4CC[C](=[Co])NC4=O)c(C)nc3c2)cc1Cl. The Balaban J connectivity index is 1.50. The molecule has 1 fully saturated rings. The summed E-state index contributed by atoms with van der Waals surface area (Å²) in [6.45, 7) is 3.52. The fourth-order valence-corrected chi connectivity index (χ4v) is 4.24. The van der Waals surface area contributed by atoms with Gasteiger partial charge in [0.2, 0.25) is 0 Å². The molecule has 1 atom stereocenters. The molecule has 1 aromatic heterocycles. The van der Waals surface area contributed by atoms with Crippen molar-refractivity contribution in [1.29, 1.82) is 0 Å². The van der Waals surface area contributed by atoms with Crippen molar-refractivity contribution in [1.82, 2.24) is 10.3 Å². The minimum Gasteiger partial charge on any atom is -0.0840 e. The molecule has 2 N–H and O–H groups in total. The van der Waals surface area contributed by atoms with Gasteiger partial charge in [0, 0.05) is 10.7 Å². The van der Waals surface area contributed by atoms with Gasteiger partial charge in [-0.15, -0.1) is 0 Å². The molecule has 1 aliphatic rings. The fraction of sp³-hybridized carbons (Fsp3) is 0.250. The molecule has 2 heterocycles. The fourth-order valence-electron chi connectivity index (χ4n) is 3.78. The summed E-state index contributed by atoms with van der Waals surface area (Å²) in [7, 11) is 0. The van der Waals surface area contributed by atoms with E-state index in [1.54, 1.807) is 37.3 Å². The number of pyridine rings is 1. The molecular weight excluding hydrogens is 492 g/mol. The second-order valence-electron chi connectivity index (χ2n) is 7.93. The van der Waals surface area contributed by atoms with Gasteiger partial charge in [0.15, 0.2) is 0 Å². The standard InChI is InChI=1S/C24H21ClFN3O3.Co/c1-13-5-6-16(10-20(13)25)29-24(31)32-12-15-8-21(26)19-11-18(14(2)28-22(19)9-15)17-4-3-7-27-23(17)30;/h5-6,8-11,17H,3-4,12H2,1-2H3,(H,27,30)(H,29,31);. The number of benzene rings is 2. The zero-order chi connectivity index (χ0) is 23.7. The molecule has 0 radical (unpaired) electrons. The first-order valence-corrected chi connectivity index (χ1v) is 11.2. The third kappa shape index (κ3) is 5.24. The van der Waals surface area contributed by atoms with E-state index < -0.39 is 17.8 Å². The van der Waals surface area contributed by atoms with Gasteiger partial charge in [-0.2, -0.15) is 0 Å². The van der Waals surface area contributed by atoms with Crippen LogP contribution >= 0.6 is 11.6 Å². The number of nitrogens with one attached hydrogen (secondary N) is 2. The molecule has 0 saturated carbocycles. The van der Waals surface area contributed by atoms with E-state index in [4.69, 9.17) is 16.3 Å². The number of nitrogens with zero attached hydrogens (tertiary/aromatic N) is 1. The number of carbonyl (C=O) groups excluding carboxylic acids is 2. The van der Waals surface area contributed by atoms with Gasteiger partial charge in [-0.3, -0.25) is 5.32 Å². The molecule has 9 heteroatoms. The summed E-state index contributed by atoms with van der Waals surface area (Å²) in [5.41, 5.74) is 3.62. The maximum atomic E-state index is 14.9. The molecule has 0 aliphatic carbocycles. The molecule has 0 spiro atoms. The summed E-state index contributed by atoms with van der Waals surface area (Å²) in [6.07, 6.45) is 0.549. The summed E-state index contributed by atoms with van der Waals surface area (Å²) >= 11 is 10.3. The number of amides is 2. The van der Waals surface area contributed by atoms with E-state index in [9.17, 15) is 14.0 Å². The predicted octanol–water partition coefficient (Wildman–Crippen LogP) is 5.06. The van der Waals surface area contributed by atoms with Crippen molar-refractivity contribution in [3.05, 3.63) is 69.6 Å². The Bertz CT molecular complexity index is 1300.